The highest BCUT2D eigenvalue weighted by Crippen LogP contribution is 2.35. The van der Waals surface area contributed by atoms with Gasteiger partial charge in [-0.2, -0.15) is 0 Å². The molecule has 33 heavy (non-hydrogen) atoms. The summed E-state index contributed by atoms with van der Waals surface area (Å²) in [6, 6.07) is 10.5. The maximum atomic E-state index is 13.0. The lowest BCUT2D eigenvalue weighted by Crippen LogP contribution is -2.54. The summed E-state index contributed by atoms with van der Waals surface area (Å²) in [5, 5.41) is 13.2. The van der Waals surface area contributed by atoms with Crippen LogP contribution in [0.1, 0.15) is 5.76 Å². The average molecular weight is 507 g/mol. The van der Waals surface area contributed by atoms with E-state index >= 15 is 0 Å². The van der Waals surface area contributed by atoms with E-state index in [2.05, 4.69) is 5.32 Å². The molecular weight excluding hydrogens is 497 g/mol. The third-order valence-electron chi connectivity index (χ3n) is 4.61. The number of hydrogen-bond acceptors (Lipinski definition) is 6. The molecule has 0 atom stereocenters. The number of nitro benzene ring substituents is 1. The lowest BCUT2D eigenvalue weighted by atomic mass is 10.1. The zero-order chi connectivity index (χ0) is 23.9. The fourth-order valence-corrected chi connectivity index (χ4v) is 3.64. The molecule has 1 aromatic heterocycles. The Morgan fingerprint density at radius 1 is 1.00 bits per heavy atom. The van der Waals surface area contributed by atoms with Crippen molar-refractivity contribution in [2.75, 3.05) is 4.90 Å². The second-order valence-corrected chi connectivity index (χ2v) is 7.85. The lowest BCUT2D eigenvalue weighted by Gasteiger charge is -2.27. The molecule has 2 aromatic carbocycles. The molecule has 1 aliphatic rings. The normalized spacial score (nSPS) is 15.2. The third kappa shape index (κ3) is 4.21. The van der Waals surface area contributed by atoms with Gasteiger partial charge in [0.1, 0.15) is 22.1 Å². The van der Waals surface area contributed by atoms with Gasteiger partial charge < -0.3 is 4.42 Å². The van der Waals surface area contributed by atoms with Crippen LogP contribution in [-0.2, 0) is 9.59 Å². The van der Waals surface area contributed by atoms with Crippen LogP contribution in [0.4, 0.5) is 16.2 Å². The van der Waals surface area contributed by atoms with Crippen molar-refractivity contribution in [2.24, 2.45) is 0 Å². The molecule has 12 heteroatoms. The van der Waals surface area contributed by atoms with Gasteiger partial charge in [0.25, 0.3) is 17.5 Å². The fraction of sp³-hybridized carbons (Fsp3) is 0. The molecule has 4 amide bonds. The molecule has 0 unspecified atom stereocenters. The van der Waals surface area contributed by atoms with Gasteiger partial charge in [-0.05, 0) is 42.5 Å². The van der Waals surface area contributed by atoms with E-state index in [4.69, 9.17) is 39.2 Å². The maximum Gasteiger partial charge on any atom is 0.336 e. The number of urea groups is 1. The number of amides is 4. The predicted molar refractivity (Wildman–Crippen MR) is 121 cm³/mol. The number of anilines is 1. The zero-order valence-corrected chi connectivity index (χ0v) is 18.4. The van der Waals surface area contributed by atoms with Crippen molar-refractivity contribution in [3.05, 3.63) is 85.0 Å². The number of imide groups is 2. The first kappa shape index (κ1) is 22.5. The number of rotatable bonds is 4. The summed E-state index contributed by atoms with van der Waals surface area (Å²) < 4.78 is 5.63. The van der Waals surface area contributed by atoms with Crippen LogP contribution in [-0.4, -0.2) is 22.8 Å². The Balaban J connectivity index is 1.70. The quantitative estimate of drug-likeness (QED) is 0.216. The molecule has 4 rings (SSSR count). The summed E-state index contributed by atoms with van der Waals surface area (Å²) in [6.07, 6.45) is 1.14. The van der Waals surface area contributed by atoms with Gasteiger partial charge >= 0.3 is 6.03 Å². The van der Waals surface area contributed by atoms with Crippen LogP contribution in [0.3, 0.4) is 0 Å². The highest BCUT2D eigenvalue weighted by molar-refractivity contribution is 6.46. The smallest absolute Gasteiger partial charge is 0.336 e. The monoisotopic (exact) mass is 505 g/mol. The minimum absolute atomic E-state index is 0.00123. The van der Waals surface area contributed by atoms with Crippen LogP contribution in [0.25, 0.3) is 17.4 Å². The molecule has 0 bridgehead atoms. The van der Waals surface area contributed by atoms with Crippen molar-refractivity contribution in [3.63, 3.8) is 0 Å². The Labute approximate surface area is 200 Å². The number of furan rings is 1. The number of nitrogens with one attached hydrogen (secondary N) is 1. The highest BCUT2D eigenvalue weighted by atomic mass is 35.5. The second-order valence-electron chi connectivity index (χ2n) is 6.66. The first-order chi connectivity index (χ1) is 15.7. The average Bonchev–Trinajstić information content (AvgIpc) is 3.23. The summed E-state index contributed by atoms with van der Waals surface area (Å²) in [5.74, 6) is -1.55. The van der Waals surface area contributed by atoms with Gasteiger partial charge in [-0.25, -0.2) is 9.69 Å². The second kappa shape index (κ2) is 8.70. The van der Waals surface area contributed by atoms with Gasteiger partial charge in [-0.15, -0.1) is 0 Å². The van der Waals surface area contributed by atoms with Crippen LogP contribution in [0.15, 0.2) is 58.5 Å². The van der Waals surface area contributed by atoms with Gasteiger partial charge in [-0.3, -0.25) is 25.0 Å². The largest absolute Gasteiger partial charge is 0.457 e. The maximum absolute atomic E-state index is 13.0. The third-order valence-corrected chi connectivity index (χ3v) is 5.74. The highest BCUT2D eigenvalue weighted by Gasteiger charge is 2.38. The summed E-state index contributed by atoms with van der Waals surface area (Å²) in [5.41, 5.74) is -0.343. The number of carbonyl (C=O) groups is 3. The van der Waals surface area contributed by atoms with Crippen molar-refractivity contribution in [3.8, 4) is 11.3 Å². The van der Waals surface area contributed by atoms with E-state index in [9.17, 15) is 24.5 Å². The summed E-state index contributed by atoms with van der Waals surface area (Å²) >= 11 is 17.9. The SMILES string of the molecule is O=C1NC(=O)N(c2cccc(Cl)c2Cl)C(=O)/C1=C\c1ccc(-c2ccc(Cl)c([N+](=O)[O-])c2)o1. The molecule has 1 fully saturated rings. The van der Waals surface area contributed by atoms with E-state index in [-0.39, 0.29) is 38.0 Å². The van der Waals surface area contributed by atoms with Crippen LogP contribution in [0.5, 0.6) is 0 Å². The number of hydrogen-bond donors (Lipinski definition) is 1. The van der Waals surface area contributed by atoms with Gasteiger partial charge in [-0.1, -0.05) is 40.9 Å². The van der Waals surface area contributed by atoms with Gasteiger partial charge in [0.15, 0.2) is 0 Å². The fourth-order valence-electron chi connectivity index (χ4n) is 3.08. The van der Waals surface area contributed by atoms with Crippen LogP contribution >= 0.6 is 34.8 Å². The molecule has 0 saturated carbocycles. The summed E-state index contributed by atoms with van der Waals surface area (Å²) in [7, 11) is 0. The number of halogens is 3. The Morgan fingerprint density at radius 3 is 2.48 bits per heavy atom. The molecule has 2 heterocycles. The van der Waals surface area contributed by atoms with Gasteiger partial charge in [0, 0.05) is 11.6 Å². The first-order valence-corrected chi connectivity index (χ1v) is 10.2. The van der Waals surface area contributed by atoms with Gasteiger partial charge in [0.05, 0.1) is 20.7 Å². The molecule has 166 valence electrons. The lowest BCUT2D eigenvalue weighted by molar-refractivity contribution is -0.384. The first-order valence-electron chi connectivity index (χ1n) is 9.07. The van der Waals surface area contributed by atoms with Crippen molar-refractivity contribution in [1.29, 1.82) is 0 Å². The number of benzene rings is 2. The standard InChI is InChI=1S/C21H10Cl3N3O6/c22-13-6-4-10(8-16(13)27(31)32)17-7-5-11(33-17)9-12-19(28)25-21(30)26(20(12)29)15-3-1-2-14(23)18(15)24/h1-9H,(H,25,28,30)/b12-9-. The molecule has 1 aliphatic heterocycles. The zero-order valence-electron chi connectivity index (χ0n) is 16.2. The predicted octanol–water partition coefficient (Wildman–Crippen LogP) is 5.48. The number of carbonyl (C=O) groups excluding carboxylic acids is 3. The molecule has 3 aromatic rings. The van der Waals surface area contributed by atoms with Crippen LogP contribution in [0.2, 0.25) is 15.1 Å². The van der Waals surface area contributed by atoms with E-state index in [1.54, 1.807) is 0 Å². The Kier molecular flexibility index (Phi) is 5.94. The number of nitro groups is 1. The molecule has 1 N–H and O–H groups in total. The van der Waals surface area contributed by atoms with E-state index in [0.29, 0.717) is 10.5 Å². The van der Waals surface area contributed by atoms with Crippen molar-refractivity contribution >= 4 is 70.1 Å². The Hall–Kier alpha value is -3.66. The molecule has 1 saturated heterocycles. The summed E-state index contributed by atoms with van der Waals surface area (Å²) in [4.78, 5) is 48.8. The molecule has 0 spiro atoms. The van der Waals surface area contributed by atoms with E-state index in [1.807, 2.05) is 0 Å². The Bertz CT molecular complexity index is 1380. The van der Waals surface area contributed by atoms with Crippen LogP contribution in [0, 0.1) is 10.1 Å². The van der Waals surface area contributed by atoms with Crippen molar-refractivity contribution in [1.82, 2.24) is 5.32 Å². The minimum Gasteiger partial charge on any atom is -0.457 e. The van der Waals surface area contributed by atoms with E-state index in [0.717, 1.165) is 6.08 Å². The van der Waals surface area contributed by atoms with E-state index < -0.39 is 28.3 Å². The molecule has 9 nitrogen and oxygen atoms in total. The van der Waals surface area contributed by atoms with Gasteiger partial charge in [0.2, 0.25) is 0 Å². The molecule has 0 aliphatic carbocycles. The molecule has 0 radical (unpaired) electrons. The van der Waals surface area contributed by atoms with E-state index in [1.165, 1.54) is 48.5 Å². The number of nitrogens with zero attached hydrogens (tertiary/aromatic N) is 2. The topological polar surface area (TPSA) is 123 Å². The Morgan fingerprint density at radius 2 is 1.76 bits per heavy atom. The minimum atomic E-state index is -0.986. The summed E-state index contributed by atoms with van der Waals surface area (Å²) in [6.45, 7) is 0. The molecular formula is C21H10Cl3N3O6. The number of barbiturate groups is 1. The van der Waals surface area contributed by atoms with Crippen LogP contribution < -0.4 is 10.2 Å². The van der Waals surface area contributed by atoms with Crippen molar-refractivity contribution < 1.29 is 23.7 Å². The van der Waals surface area contributed by atoms with Crippen molar-refractivity contribution in [2.45, 2.75) is 0 Å².